The van der Waals surface area contributed by atoms with Crippen LogP contribution in [0.1, 0.15) is 20.8 Å². The summed E-state index contributed by atoms with van der Waals surface area (Å²) in [7, 11) is 0. The molecule has 2 nitrogen and oxygen atoms in total. The minimum atomic E-state index is 0.464. The monoisotopic (exact) mass is 141 g/mol. The Morgan fingerprint density at radius 3 is 2.70 bits per heavy atom. The van der Waals surface area contributed by atoms with Crippen LogP contribution in [0.15, 0.2) is 17.3 Å². The van der Waals surface area contributed by atoms with E-state index in [0.717, 1.165) is 0 Å². The van der Waals surface area contributed by atoms with Gasteiger partial charge in [-0.05, 0) is 18.9 Å². The van der Waals surface area contributed by atoms with E-state index >= 15 is 0 Å². The molecular formula is C8H15NO. The van der Waals surface area contributed by atoms with Crippen LogP contribution < -0.4 is 0 Å². The van der Waals surface area contributed by atoms with Crippen LogP contribution in [-0.4, -0.2) is 12.8 Å². The number of hydrogen-bond acceptors (Lipinski definition) is 2. The largest absolute Gasteiger partial charge is 0.392 e. The molecule has 0 N–H and O–H groups in total. The summed E-state index contributed by atoms with van der Waals surface area (Å²) in [5.74, 6) is 0.464. The summed E-state index contributed by atoms with van der Waals surface area (Å²) in [5, 5.41) is 3.73. The average Bonchev–Trinajstić information content (AvgIpc) is 1.87. The van der Waals surface area contributed by atoms with E-state index in [1.807, 2.05) is 19.1 Å². The molecule has 0 aromatic heterocycles. The van der Waals surface area contributed by atoms with Crippen molar-refractivity contribution in [3.63, 3.8) is 0 Å². The molecule has 0 heterocycles. The van der Waals surface area contributed by atoms with Gasteiger partial charge in [0.25, 0.3) is 0 Å². The van der Waals surface area contributed by atoms with Crippen LogP contribution in [0, 0.1) is 5.92 Å². The van der Waals surface area contributed by atoms with Crippen molar-refractivity contribution >= 4 is 6.21 Å². The van der Waals surface area contributed by atoms with Crippen LogP contribution in [0.25, 0.3) is 0 Å². The van der Waals surface area contributed by atoms with E-state index in [1.54, 1.807) is 6.21 Å². The molecule has 0 fully saturated rings. The van der Waals surface area contributed by atoms with E-state index < -0.39 is 0 Å². The second-order valence-electron chi connectivity index (χ2n) is 2.36. The molecule has 0 atom stereocenters. The van der Waals surface area contributed by atoms with Crippen molar-refractivity contribution in [2.24, 2.45) is 11.1 Å². The summed E-state index contributed by atoms with van der Waals surface area (Å²) in [5.41, 5.74) is 0. The Morgan fingerprint density at radius 2 is 2.20 bits per heavy atom. The molecule has 0 aromatic rings. The van der Waals surface area contributed by atoms with Gasteiger partial charge < -0.3 is 4.84 Å². The van der Waals surface area contributed by atoms with E-state index in [0.29, 0.717) is 12.5 Å². The molecule has 0 amide bonds. The Kier molecular flexibility index (Phi) is 5.83. The molecule has 0 unspecified atom stereocenters. The summed E-state index contributed by atoms with van der Waals surface area (Å²) in [6.45, 7) is 6.64. The maximum absolute atomic E-state index is 4.87. The zero-order chi connectivity index (χ0) is 7.82. The molecule has 0 saturated carbocycles. The summed E-state index contributed by atoms with van der Waals surface area (Å²) >= 11 is 0. The van der Waals surface area contributed by atoms with Crippen molar-refractivity contribution in [2.75, 3.05) is 6.61 Å². The third kappa shape index (κ3) is 7.21. The molecule has 0 aliphatic heterocycles. The normalized spacial score (nSPS) is 12.0. The van der Waals surface area contributed by atoms with Gasteiger partial charge in [-0.15, -0.1) is 0 Å². The highest BCUT2D eigenvalue weighted by molar-refractivity contribution is 5.58. The highest BCUT2D eigenvalue weighted by Crippen LogP contribution is 1.85. The van der Waals surface area contributed by atoms with E-state index in [4.69, 9.17) is 4.84 Å². The Bertz CT molecular complexity index is 116. The highest BCUT2D eigenvalue weighted by atomic mass is 16.6. The predicted octanol–water partition coefficient (Wildman–Crippen LogP) is 2.22. The third-order valence-electron chi connectivity index (χ3n) is 0.840. The van der Waals surface area contributed by atoms with E-state index in [2.05, 4.69) is 19.0 Å². The predicted molar refractivity (Wildman–Crippen MR) is 44.1 cm³/mol. The van der Waals surface area contributed by atoms with Gasteiger partial charge in [0, 0.05) is 6.21 Å². The smallest absolute Gasteiger partial charge is 0.135 e. The van der Waals surface area contributed by atoms with Gasteiger partial charge >= 0.3 is 0 Å². The van der Waals surface area contributed by atoms with E-state index in [9.17, 15) is 0 Å². The fraction of sp³-hybridized carbons (Fsp3) is 0.625. The molecule has 0 aliphatic carbocycles. The second kappa shape index (κ2) is 6.33. The fourth-order valence-electron chi connectivity index (χ4n) is 0.347. The van der Waals surface area contributed by atoms with Crippen LogP contribution in [-0.2, 0) is 4.84 Å². The van der Waals surface area contributed by atoms with Crippen LogP contribution in [0.2, 0.25) is 0 Å². The van der Waals surface area contributed by atoms with Crippen LogP contribution >= 0.6 is 0 Å². The molecular weight excluding hydrogens is 126 g/mol. The fourth-order valence-corrected chi connectivity index (χ4v) is 0.347. The lowest BCUT2D eigenvalue weighted by Crippen LogP contribution is -1.89. The van der Waals surface area contributed by atoms with Crippen molar-refractivity contribution in [3.8, 4) is 0 Å². The highest BCUT2D eigenvalue weighted by Gasteiger charge is 1.82. The van der Waals surface area contributed by atoms with E-state index in [-0.39, 0.29) is 0 Å². The van der Waals surface area contributed by atoms with E-state index in [1.165, 1.54) is 0 Å². The Morgan fingerprint density at radius 1 is 1.50 bits per heavy atom. The minimum Gasteiger partial charge on any atom is -0.392 e. The first-order valence-corrected chi connectivity index (χ1v) is 3.54. The molecule has 0 radical (unpaired) electrons. The summed E-state index contributed by atoms with van der Waals surface area (Å²) < 4.78 is 0. The van der Waals surface area contributed by atoms with Gasteiger partial charge in [-0.1, -0.05) is 25.1 Å². The minimum absolute atomic E-state index is 0.464. The van der Waals surface area contributed by atoms with Gasteiger partial charge in [0.15, 0.2) is 0 Å². The Balaban J connectivity index is 3.18. The first kappa shape index (κ1) is 9.21. The number of oxime groups is 1. The van der Waals surface area contributed by atoms with Crippen LogP contribution in [0.5, 0.6) is 0 Å². The molecule has 2 heteroatoms. The molecule has 0 rings (SSSR count). The Labute approximate surface area is 62.6 Å². The average molecular weight is 141 g/mol. The number of hydrogen-bond donors (Lipinski definition) is 0. The lowest BCUT2D eigenvalue weighted by Gasteiger charge is -1.93. The van der Waals surface area contributed by atoms with Crippen molar-refractivity contribution in [2.45, 2.75) is 20.8 Å². The summed E-state index contributed by atoms with van der Waals surface area (Å²) in [4.78, 5) is 4.87. The SMILES string of the molecule is CC=CCON=CC(C)C. The second-order valence-corrected chi connectivity index (χ2v) is 2.36. The number of allylic oxidation sites excluding steroid dienone is 1. The molecule has 0 saturated heterocycles. The molecule has 0 bridgehead atoms. The summed E-state index contributed by atoms with van der Waals surface area (Å²) in [6.07, 6.45) is 5.63. The van der Waals surface area contributed by atoms with Gasteiger partial charge in [-0.25, -0.2) is 0 Å². The topological polar surface area (TPSA) is 21.6 Å². The van der Waals surface area contributed by atoms with Crippen molar-refractivity contribution in [1.29, 1.82) is 0 Å². The molecule has 58 valence electrons. The lowest BCUT2D eigenvalue weighted by atomic mass is 10.3. The van der Waals surface area contributed by atoms with Gasteiger partial charge in [-0.2, -0.15) is 0 Å². The molecule has 10 heavy (non-hydrogen) atoms. The van der Waals surface area contributed by atoms with Gasteiger partial charge in [0.2, 0.25) is 0 Å². The summed E-state index contributed by atoms with van der Waals surface area (Å²) in [6, 6.07) is 0. The first-order chi connectivity index (χ1) is 4.77. The van der Waals surface area contributed by atoms with Crippen molar-refractivity contribution in [1.82, 2.24) is 0 Å². The maximum atomic E-state index is 4.87. The van der Waals surface area contributed by atoms with Crippen LogP contribution in [0.3, 0.4) is 0 Å². The van der Waals surface area contributed by atoms with Crippen LogP contribution in [0.4, 0.5) is 0 Å². The number of nitrogens with zero attached hydrogens (tertiary/aromatic N) is 1. The standard InChI is InChI=1S/C8H15NO/c1-4-5-6-10-9-7-8(2)3/h4-5,7-8H,6H2,1-3H3. The zero-order valence-corrected chi connectivity index (χ0v) is 6.87. The zero-order valence-electron chi connectivity index (χ0n) is 6.87. The number of rotatable bonds is 4. The van der Waals surface area contributed by atoms with Gasteiger partial charge in [0.1, 0.15) is 6.61 Å². The van der Waals surface area contributed by atoms with Gasteiger partial charge in [-0.3, -0.25) is 0 Å². The van der Waals surface area contributed by atoms with Gasteiger partial charge in [0.05, 0.1) is 0 Å². The molecule has 0 aliphatic rings. The van der Waals surface area contributed by atoms with Crippen molar-refractivity contribution in [3.05, 3.63) is 12.2 Å². The Hall–Kier alpha value is -0.790. The van der Waals surface area contributed by atoms with Crippen molar-refractivity contribution < 1.29 is 4.84 Å². The third-order valence-corrected chi connectivity index (χ3v) is 0.840. The molecule has 0 aromatic carbocycles. The molecule has 0 spiro atoms. The quantitative estimate of drug-likeness (QED) is 0.254. The first-order valence-electron chi connectivity index (χ1n) is 3.54. The lowest BCUT2D eigenvalue weighted by molar-refractivity contribution is 0.175. The maximum Gasteiger partial charge on any atom is 0.135 e.